The molecule has 0 atom stereocenters. The van der Waals surface area contributed by atoms with Gasteiger partial charge in [-0.2, -0.15) is 0 Å². The number of benzene rings is 2. The Hall–Kier alpha value is -2.32. The first-order valence-electron chi connectivity index (χ1n) is 9.81. The molecule has 30 heavy (non-hydrogen) atoms. The maximum Gasteiger partial charge on any atom is 0.257 e. The van der Waals surface area contributed by atoms with Gasteiger partial charge < -0.3 is 5.32 Å². The highest BCUT2D eigenvalue weighted by molar-refractivity contribution is 7.99. The SMILES string of the molecule is CCC(=O)CCCCSc1ccc(NC(=O)c2ccccc2N(C)S(C)(=O)=O)cc1. The summed E-state index contributed by atoms with van der Waals surface area (Å²) in [5.41, 5.74) is 1.24. The number of anilines is 2. The molecule has 0 fully saturated rings. The zero-order valence-corrected chi connectivity index (χ0v) is 19.2. The smallest absolute Gasteiger partial charge is 0.257 e. The quantitative estimate of drug-likeness (QED) is 0.402. The predicted molar refractivity (Wildman–Crippen MR) is 124 cm³/mol. The van der Waals surface area contributed by atoms with E-state index >= 15 is 0 Å². The lowest BCUT2D eigenvalue weighted by Crippen LogP contribution is -2.27. The molecular formula is C22H28N2O4S2. The molecule has 0 radical (unpaired) electrons. The number of thioether (sulfide) groups is 1. The number of carbonyl (C=O) groups excluding carboxylic acids is 2. The number of hydrogen-bond donors (Lipinski definition) is 1. The molecule has 0 saturated heterocycles. The normalized spacial score (nSPS) is 11.2. The molecule has 0 spiro atoms. The van der Waals surface area contributed by atoms with Gasteiger partial charge >= 0.3 is 0 Å². The molecule has 1 N–H and O–H groups in total. The van der Waals surface area contributed by atoms with Crippen molar-refractivity contribution in [3.63, 3.8) is 0 Å². The minimum Gasteiger partial charge on any atom is -0.322 e. The minimum atomic E-state index is -3.48. The number of nitrogens with one attached hydrogen (secondary N) is 1. The van der Waals surface area contributed by atoms with Crippen molar-refractivity contribution in [3.8, 4) is 0 Å². The van der Waals surface area contributed by atoms with Crippen LogP contribution in [0.15, 0.2) is 53.4 Å². The highest BCUT2D eigenvalue weighted by Crippen LogP contribution is 2.24. The number of Topliss-reactive ketones (excluding diaryl/α,β-unsaturated/α-hetero) is 1. The van der Waals surface area contributed by atoms with E-state index in [0.29, 0.717) is 30.0 Å². The number of amides is 1. The van der Waals surface area contributed by atoms with E-state index in [2.05, 4.69) is 5.32 Å². The van der Waals surface area contributed by atoms with Crippen LogP contribution in [0.4, 0.5) is 11.4 Å². The van der Waals surface area contributed by atoms with E-state index in [1.807, 2.05) is 31.2 Å². The molecular weight excluding hydrogens is 420 g/mol. The third kappa shape index (κ3) is 7.18. The molecule has 0 aromatic heterocycles. The van der Waals surface area contributed by atoms with Gasteiger partial charge in [0.15, 0.2) is 0 Å². The van der Waals surface area contributed by atoms with E-state index in [4.69, 9.17) is 0 Å². The summed E-state index contributed by atoms with van der Waals surface area (Å²) >= 11 is 1.72. The molecule has 1 amide bonds. The van der Waals surface area contributed by atoms with Crippen LogP contribution in [0.2, 0.25) is 0 Å². The van der Waals surface area contributed by atoms with E-state index in [0.717, 1.165) is 34.1 Å². The maximum atomic E-state index is 12.7. The number of sulfonamides is 1. The van der Waals surface area contributed by atoms with Crippen molar-refractivity contribution < 1.29 is 18.0 Å². The minimum absolute atomic E-state index is 0.283. The van der Waals surface area contributed by atoms with Gasteiger partial charge in [0.25, 0.3) is 5.91 Å². The molecule has 0 bridgehead atoms. The Bertz CT molecular complexity index is 973. The van der Waals surface area contributed by atoms with Crippen LogP contribution in [0, 0.1) is 0 Å². The van der Waals surface area contributed by atoms with Crippen LogP contribution in [0.25, 0.3) is 0 Å². The number of nitrogens with zero attached hydrogens (tertiary/aromatic N) is 1. The Kier molecular flexibility index (Phi) is 8.92. The molecule has 0 aliphatic heterocycles. The number of unbranched alkanes of at least 4 members (excludes halogenated alkanes) is 1. The van der Waals surface area contributed by atoms with Crippen LogP contribution in [0.5, 0.6) is 0 Å². The van der Waals surface area contributed by atoms with E-state index < -0.39 is 10.0 Å². The van der Waals surface area contributed by atoms with Crippen LogP contribution in [0.1, 0.15) is 43.0 Å². The average molecular weight is 449 g/mol. The van der Waals surface area contributed by atoms with Gasteiger partial charge in [0.2, 0.25) is 10.0 Å². The van der Waals surface area contributed by atoms with E-state index in [9.17, 15) is 18.0 Å². The second kappa shape index (κ2) is 11.2. The summed E-state index contributed by atoms with van der Waals surface area (Å²) in [5.74, 6) is 0.875. The van der Waals surface area contributed by atoms with Gasteiger partial charge in [-0.25, -0.2) is 8.42 Å². The van der Waals surface area contributed by atoms with Gasteiger partial charge in [-0.05, 0) is 55.0 Å². The molecule has 0 aliphatic rings. The first kappa shape index (κ1) is 24.0. The summed E-state index contributed by atoms with van der Waals surface area (Å²) in [6.45, 7) is 1.89. The summed E-state index contributed by atoms with van der Waals surface area (Å²) in [6, 6.07) is 14.1. The summed E-state index contributed by atoms with van der Waals surface area (Å²) in [5, 5.41) is 2.82. The first-order valence-corrected chi connectivity index (χ1v) is 12.6. The third-order valence-electron chi connectivity index (χ3n) is 4.61. The summed E-state index contributed by atoms with van der Waals surface area (Å²) in [4.78, 5) is 25.1. The third-order valence-corrected chi connectivity index (χ3v) is 6.90. The van der Waals surface area contributed by atoms with Crippen molar-refractivity contribution >= 4 is 44.9 Å². The maximum absolute atomic E-state index is 12.7. The zero-order chi connectivity index (χ0) is 22.1. The van der Waals surface area contributed by atoms with Crippen LogP contribution in [-0.2, 0) is 14.8 Å². The molecule has 2 aromatic carbocycles. The molecule has 2 rings (SSSR count). The zero-order valence-electron chi connectivity index (χ0n) is 17.6. The molecule has 0 aliphatic carbocycles. The first-order chi connectivity index (χ1) is 14.2. The highest BCUT2D eigenvalue weighted by Gasteiger charge is 2.19. The fraction of sp³-hybridized carbons (Fsp3) is 0.364. The van der Waals surface area contributed by atoms with Crippen LogP contribution in [0.3, 0.4) is 0 Å². The molecule has 6 nitrogen and oxygen atoms in total. The topological polar surface area (TPSA) is 83.6 Å². The average Bonchev–Trinajstić information content (AvgIpc) is 2.73. The molecule has 0 saturated carbocycles. The van der Waals surface area contributed by atoms with Crippen molar-refractivity contribution in [3.05, 3.63) is 54.1 Å². The van der Waals surface area contributed by atoms with Crippen molar-refractivity contribution in [1.82, 2.24) is 0 Å². The summed E-state index contributed by atoms with van der Waals surface area (Å²) in [6.07, 6.45) is 4.25. The van der Waals surface area contributed by atoms with Gasteiger partial charge in [0.1, 0.15) is 5.78 Å². The lowest BCUT2D eigenvalue weighted by molar-refractivity contribution is -0.118. The monoisotopic (exact) mass is 448 g/mol. The second-order valence-electron chi connectivity index (χ2n) is 6.92. The lowest BCUT2D eigenvalue weighted by atomic mass is 10.1. The lowest BCUT2D eigenvalue weighted by Gasteiger charge is -2.19. The number of hydrogen-bond acceptors (Lipinski definition) is 5. The Morgan fingerprint density at radius 2 is 1.70 bits per heavy atom. The molecule has 0 heterocycles. The number of rotatable bonds is 11. The van der Waals surface area contributed by atoms with Gasteiger partial charge in [-0.3, -0.25) is 13.9 Å². The highest BCUT2D eigenvalue weighted by atomic mass is 32.2. The van der Waals surface area contributed by atoms with Crippen molar-refractivity contribution in [2.75, 3.05) is 28.7 Å². The second-order valence-corrected chi connectivity index (χ2v) is 10.1. The van der Waals surface area contributed by atoms with E-state index in [1.165, 1.54) is 7.05 Å². The van der Waals surface area contributed by atoms with Crippen LogP contribution >= 0.6 is 11.8 Å². The van der Waals surface area contributed by atoms with Gasteiger partial charge in [0.05, 0.1) is 17.5 Å². The van der Waals surface area contributed by atoms with E-state index in [1.54, 1.807) is 36.0 Å². The molecule has 0 unspecified atom stereocenters. The number of ketones is 1. The largest absolute Gasteiger partial charge is 0.322 e. The Balaban J connectivity index is 1.95. The van der Waals surface area contributed by atoms with E-state index in [-0.39, 0.29) is 11.5 Å². The van der Waals surface area contributed by atoms with Crippen molar-refractivity contribution in [1.29, 1.82) is 0 Å². The van der Waals surface area contributed by atoms with Gasteiger partial charge in [-0.15, -0.1) is 11.8 Å². The molecule has 162 valence electrons. The Labute approximate surface area is 183 Å². The fourth-order valence-electron chi connectivity index (χ4n) is 2.74. The summed E-state index contributed by atoms with van der Waals surface area (Å²) < 4.78 is 24.8. The van der Waals surface area contributed by atoms with Gasteiger partial charge in [-0.1, -0.05) is 19.1 Å². The van der Waals surface area contributed by atoms with Crippen LogP contribution in [-0.4, -0.2) is 39.2 Å². The van der Waals surface area contributed by atoms with Gasteiger partial charge in [0, 0.05) is 30.5 Å². The Morgan fingerprint density at radius 3 is 2.33 bits per heavy atom. The number of para-hydroxylation sites is 1. The summed E-state index contributed by atoms with van der Waals surface area (Å²) in [7, 11) is -2.06. The fourth-order valence-corrected chi connectivity index (χ4v) is 4.17. The Morgan fingerprint density at radius 1 is 1.03 bits per heavy atom. The standard InChI is InChI=1S/C22H28N2O4S2/c1-4-18(25)9-7-8-16-29-19-14-12-17(13-15-19)23-22(26)20-10-5-6-11-21(20)24(2)30(3,27)28/h5-6,10-15H,4,7-9,16H2,1-3H3,(H,23,26). The number of carbonyl (C=O) groups is 2. The molecule has 2 aromatic rings. The molecule has 8 heteroatoms. The van der Waals surface area contributed by atoms with Crippen molar-refractivity contribution in [2.24, 2.45) is 0 Å². The predicted octanol–water partition coefficient (Wildman–Crippen LogP) is 4.58. The van der Waals surface area contributed by atoms with Crippen LogP contribution < -0.4 is 9.62 Å². The van der Waals surface area contributed by atoms with Crippen molar-refractivity contribution in [2.45, 2.75) is 37.5 Å².